The summed E-state index contributed by atoms with van der Waals surface area (Å²) in [5.74, 6) is 0. The van der Waals surface area contributed by atoms with Crippen molar-refractivity contribution in [3.8, 4) is 0 Å². The first-order valence-corrected chi connectivity index (χ1v) is 8.72. The molecule has 0 bridgehead atoms. The van der Waals surface area contributed by atoms with Crippen molar-refractivity contribution in [2.45, 2.75) is 24.8 Å². The van der Waals surface area contributed by atoms with E-state index in [1.807, 2.05) is 11.4 Å². The van der Waals surface area contributed by atoms with E-state index in [1.165, 1.54) is 4.88 Å². The van der Waals surface area contributed by atoms with Crippen LogP contribution in [-0.4, -0.2) is 19.3 Å². The fourth-order valence-corrected chi connectivity index (χ4v) is 5.04. The van der Waals surface area contributed by atoms with Crippen LogP contribution >= 0.6 is 11.3 Å². The van der Waals surface area contributed by atoms with Crippen LogP contribution in [0.25, 0.3) is 0 Å². The predicted octanol–water partition coefficient (Wildman–Crippen LogP) is 2.39. The summed E-state index contributed by atoms with van der Waals surface area (Å²) >= 11 is 1.70. The number of benzene rings is 1. The van der Waals surface area contributed by atoms with Crippen LogP contribution in [0, 0.1) is 6.92 Å². The lowest BCUT2D eigenvalue weighted by atomic mass is 10.1. The zero-order chi connectivity index (χ0) is 14.3. The topological polar surface area (TPSA) is 63.4 Å². The quantitative estimate of drug-likeness (QED) is 0.866. The van der Waals surface area contributed by atoms with Crippen LogP contribution in [0.1, 0.15) is 16.0 Å². The van der Waals surface area contributed by atoms with E-state index in [0.29, 0.717) is 29.2 Å². The molecule has 1 aromatic heterocycles. The van der Waals surface area contributed by atoms with Crippen molar-refractivity contribution in [3.05, 3.63) is 45.6 Å². The average molecular weight is 308 g/mol. The van der Waals surface area contributed by atoms with Crippen molar-refractivity contribution in [3.63, 3.8) is 0 Å². The molecule has 0 saturated heterocycles. The third-order valence-electron chi connectivity index (χ3n) is 3.59. The molecule has 1 aliphatic heterocycles. The highest BCUT2D eigenvalue weighted by Crippen LogP contribution is 2.29. The van der Waals surface area contributed by atoms with Gasteiger partial charge in [-0.15, -0.1) is 11.3 Å². The summed E-state index contributed by atoms with van der Waals surface area (Å²) in [7, 11) is -3.45. The zero-order valence-electron chi connectivity index (χ0n) is 11.2. The normalized spacial score (nSPS) is 16.1. The highest BCUT2D eigenvalue weighted by Gasteiger charge is 2.29. The Balaban J connectivity index is 1.97. The van der Waals surface area contributed by atoms with Gasteiger partial charge < -0.3 is 5.73 Å². The largest absolute Gasteiger partial charge is 0.399 e. The molecule has 106 valence electrons. The Kier molecular flexibility index (Phi) is 3.32. The van der Waals surface area contributed by atoms with Crippen LogP contribution in [0.15, 0.2) is 34.5 Å². The first-order valence-electron chi connectivity index (χ1n) is 6.40. The van der Waals surface area contributed by atoms with Gasteiger partial charge in [0.05, 0.1) is 4.90 Å². The van der Waals surface area contributed by atoms with Gasteiger partial charge in [-0.05, 0) is 54.1 Å². The Morgan fingerprint density at radius 1 is 1.30 bits per heavy atom. The minimum absolute atomic E-state index is 0.352. The fourth-order valence-electron chi connectivity index (χ4n) is 2.53. The molecule has 0 atom stereocenters. The predicted molar refractivity (Wildman–Crippen MR) is 81.2 cm³/mol. The molecule has 20 heavy (non-hydrogen) atoms. The summed E-state index contributed by atoms with van der Waals surface area (Å²) in [6, 6.07) is 6.95. The van der Waals surface area contributed by atoms with Crippen LogP contribution in [0.5, 0.6) is 0 Å². The third kappa shape index (κ3) is 2.24. The van der Waals surface area contributed by atoms with Crippen LogP contribution in [0.4, 0.5) is 5.69 Å². The van der Waals surface area contributed by atoms with Gasteiger partial charge in [-0.25, -0.2) is 8.42 Å². The van der Waals surface area contributed by atoms with E-state index < -0.39 is 10.0 Å². The summed E-state index contributed by atoms with van der Waals surface area (Å²) in [6.07, 6.45) is 0.792. The van der Waals surface area contributed by atoms with Gasteiger partial charge in [0.25, 0.3) is 0 Å². The molecule has 0 spiro atoms. The van der Waals surface area contributed by atoms with Crippen molar-refractivity contribution in [2.75, 3.05) is 12.3 Å². The van der Waals surface area contributed by atoms with Gasteiger partial charge in [0.1, 0.15) is 0 Å². The van der Waals surface area contributed by atoms with E-state index in [2.05, 4.69) is 0 Å². The molecule has 0 unspecified atom stereocenters. The Morgan fingerprint density at radius 2 is 2.10 bits per heavy atom. The second kappa shape index (κ2) is 4.87. The molecule has 1 aromatic carbocycles. The summed E-state index contributed by atoms with van der Waals surface area (Å²) in [4.78, 5) is 1.65. The van der Waals surface area contributed by atoms with Crippen LogP contribution in [0.3, 0.4) is 0 Å². The first kappa shape index (κ1) is 13.6. The molecule has 0 saturated carbocycles. The lowest BCUT2D eigenvalue weighted by Gasteiger charge is -2.26. The van der Waals surface area contributed by atoms with Crippen molar-refractivity contribution in [1.82, 2.24) is 4.31 Å². The van der Waals surface area contributed by atoms with Gasteiger partial charge in [-0.1, -0.05) is 0 Å². The standard InChI is InChI=1S/C14H16N2O2S2/c1-10-8-12(15)2-3-14(10)20(17,18)16-6-4-13-11(9-16)5-7-19-13/h2-3,5,7-8H,4,6,9,15H2,1H3. The van der Waals surface area contributed by atoms with Crippen LogP contribution < -0.4 is 5.73 Å². The van der Waals surface area contributed by atoms with Gasteiger partial charge in [-0.3, -0.25) is 0 Å². The van der Waals surface area contributed by atoms with Gasteiger partial charge in [0, 0.05) is 23.7 Å². The summed E-state index contributed by atoms with van der Waals surface area (Å²) in [5.41, 5.74) is 8.09. The number of nitrogens with two attached hydrogens (primary N) is 1. The molecule has 0 fully saturated rings. The van der Waals surface area contributed by atoms with Crippen LogP contribution in [0.2, 0.25) is 0 Å². The molecule has 0 aliphatic carbocycles. The molecular weight excluding hydrogens is 292 g/mol. The lowest BCUT2D eigenvalue weighted by Crippen LogP contribution is -2.35. The van der Waals surface area contributed by atoms with E-state index >= 15 is 0 Å². The highest BCUT2D eigenvalue weighted by molar-refractivity contribution is 7.89. The molecule has 2 N–H and O–H groups in total. The van der Waals surface area contributed by atoms with E-state index in [0.717, 1.165) is 12.0 Å². The Hall–Kier alpha value is -1.37. The monoisotopic (exact) mass is 308 g/mol. The van der Waals surface area contributed by atoms with Crippen molar-refractivity contribution >= 4 is 27.0 Å². The van der Waals surface area contributed by atoms with Crippen molar-refractivity contribution < 1.29 is 8.42 Å². The minimum Gasteiger partial charge on any atom is -0.399 e. The summed E-state index contributed by atoms with van der Waals surface area (Å²) < 4.78 is 27.0. The van der Waals surface area contributed by atoms with Gasteiger partial charge in [0.15, 0.2) is 0 Å². The maximum Gasteiger partial charge on any atom is 0.243 e. The molecule has 0 amide bonds. The number of anilines is 1. The molecule has 6 heteroatoms. The lowest BCUT2D eigenvalue weighted by molar-refractivity contribution is 0.394. The number of nitrogen functional groups attached to an aromatic ring is 1. The Bertz CT molecular complexity index is 750. The maximum absolute atomic E-state index is 12.7. The van der Waals surface area contributed by atoms with Crippen LogP contribution in [-0.2, 0) is 23.0 Å². The van der Waals surface area contributed by atoms with Gasteiger partial charge in [-0.2, -0.15) is 4.31 Å². The van der Waals surface area contributed by atoms with Gasteiger partial charge in [0.2, 0.25) is 10.0 Å². The van der Waals surface area contributed by atoms with E-state index in [9.17, 15) is 8.42 Å². The molecule has 0 radical (unpaired) electrons. The second-order valence-corrected chi connectivity index (χ2v) is 7.89. The number of aryl methyl sites for hydroxylation is 1. The number of hydrogen-bond acceptors (Lipinski definition) is 4. The average Bonchev–Trinajstić information content (AvgIpc) is 2.85. The smallest absolute Gasteiger partial charge is 0.243 e. The minimum atomic E-state index is -3.45. The number of fused-ring (bicyclic) bond motifs is 1. The maximum atomic E-state index is 12.7. The van der Waals surface area contributed by atoms with E-state index in [-0.39, 0.29) is 0 Å². The number of thiophene rings is 1. The number of rotatable bonds is 2. The molecule has 3 rings (SSSR count). The molecular formula is C14H16N2O2S2. The molecule has 2 aromatic rings. The highest BCUT2D eigenvalue weighted by atomic mass is 32.2. The summed E-state index contributed by atoms with van der Waals surface area (Å²) in [5, 5.41) is 2.02. The van der Waals surface area contributed by atoms with E-state index in [1.54, 1.807) is 40.8 Å². The fraction of sp³-hybridized carbons (Fsp3) is 0.286. The molecule has 4 nitrogen and oxygen atoms in total. The number of nitrogens with zero attached hydrogens (tertiary/aromatic N) is 1. The SMILES string of the molecule is Cc1cc(N)ccc1S(=O)(=O)N1CCc2sccc2C1. The van der Waals surface area contributed by atoms with Crippen molar-refractivity contribution in [1.29, 1.82) is 0 Å². The number of sulfonamides is 1. The second-order valence-electron chi connectivity index (χ2n) is 4.98. The number of hydrogen-bond donors (Lipinski definition) is 1. The zero-order valence-corrected chi connectivity index (χ0v) is 12.8. The molecule has 1 aliphatic rings. The van der Waals surface area contributed by atoms with Crippen molar-refractivity contribution in [2.24, 2.45) is 0 Å². The Morgan fingerprint density at radius 3 is 2.85 bits per heavy atom. The molecule has 2 heterocycles. The summed E-state index contributed by atoms with van der Waals surface area (Å²) in [6.45, 7) is 2.79. The Labute approximate surface area is 122 Å². The third-order valence-corrected chi connectivity index (χ3v) is 6.62. The van der Waals surface area contributed by atoms with Gasteiger partial charge >= 0.3 is 0 Å². The van der Waals surface area contributed by atoms with E-state index in [4.69, 9.17) is 5.73 Å². The first-order chi connectivity index (χ1) is 9.48.